The maximum atomic E-state index is 11.7. The van der Waals surface area contributed by atoms with Gasteiger partial charge in [0.25, 0.3) is 0 Å². The van der Waals surface area contributed by atoms with Crippen LogP contribution in [0.3, 0.4) is 0 Å². The lowest BCUT2D eigenvalue weighted by atomic mass is 10.1. The molecule has 0 spiro atoms. The molecular weight excluding hydrogens is 280 g/mol. The largest absolute Gasteiger partial charge is 0.441 e. The Morgan fingerprint density at radius 3 is 2.86 bits per heavy atom. The van der Waals surface area contributed by atoms with Gasteiger partial charge in [0.05, 0.1) is 0 Å². The Kier molecular flexibility index (Phi) is 4.05. The third-order valence-corrected chi connectivity index (χ3v) is 3.20. The molecule has 1 amide bonds. The molecule has 5 heteroatoms. The molecule has 3 rings (SSSR count). The van der Waals surface area contributed by atoms with Crippen molar-refractivity contribution in [2.24, 2.45) is 0 Å². The van der Waals surface area contributed by atoms with Gasteiger partial charge in [0.2, 0.25) is 0 Å². The van der Waals surface area contributed by atoms with Gasteiger partial charge in [0, 0.05) is 13.5 Å². The number of fused-ring (bicyclic) bond motifs is 1. The second-order valence-corrected chi connectivity index (χ2v) is 4.91. The lowest BCUT2D eigenvalue weighted by Crippen LogP contribution is -2.28. The molecule has 0 unspecified atom stereocenters. The van der Waals surface area contributed by atoms with Gasteiger partial charge in [-0.05, 0) is 36.2 Å². The van der Waals surface area contributed by atoms with Gasteiger partial charge >= 0.3 is 6.09 Å². The first-order valence-corrected chi connectivity index (χ1v) is 7.07. The van der Waals surface area contributed by atoms with Crippen LogP contribution in [-0.4, -0.2) is 17.6 Å². The summed E-state index contributed by atoms with van der Waals surface area (Å²) < 4.78 is 10.6. The molecule has 5 nitrogen and oxygen atoms in total. The number of amides is 1. The second kappa shape index (κ2) is 6.30. The zero-order chi connectivity index (χ0) is 15.4. The van der Waals surface area contributed by atoms with Crippen molar-refractivity contribution in [3.8, 4) is 5.75 Å². The molecule has 0 saturated carbocycles. The third-order valence-electron chi connectivity index (χ3n) is 3.20. The van der Waals surface area contributed by atoms with Gasteiger partial charge in [-0.2, -0.15) is 0 Å². The Labute approximate surface area is 127 Å². The number of hydrogen-bond donors (Lipinski definition) is 1. The number of nitrogens with one attached hydrogen (secondary N) is 1. The monoisotopic (exact) mass is 296 g/mol. The molecule has 1 heterocycles. The molecular formula is C17H16N2O3. The predicted octanol–water partition coefficient (Wildman–Crippen LogP) is 3.47. The summed E-state index contributed by atoms with van der Waals surface area (Å²) in [5.41, 5.74) is 2.68. The molecule has 22 heavy (non-hydrogen) atoms. The molecule has 0 saturated heterocycles. The van der Waals surface area contributed by atoms with E-state index < -0.39 is 6.09 Å². The van der Waals surface area contributed by atoms with Crippen LogP contribution in [0.25, 0.3) is 11.1 Å². The summed E-state index contributed by atoms with van der Waals surface area (Å²) >= 11 is 0. The standard InChI is InChI=1S/C17H16N2O3/c1-12-19-15-8-7-13(11-16(15)21-12)9-10-18-17(20)22-14-5-3-2-4-6-14/h2-8,11H,9-10H2,1H3,(H,18,20). The highest BCUT2D eigenvalue weighted by molar-refractivity contribution is 5.73. The predicted molar refractivity (Wildman–Crippen MR) is 82.9 cm³/mol. The zero-order valence-electron chi connectivity index (χ0n) is 12.2. The van der Waals surface area contributed by atoms with Gasteiger partial charge in [-0.25, -0.2) is 9.78 Å². The van der Waals surface area contributed by atoms with E-state index in [0.717, 1.165) is 16.7 Å². The number of oxazole rings is 1. The lowest BCUT2D eigenvalue weighted by Gasteiger charge is -2.06. The van der Waals surface area contributed by atoms with Crippen LogP contribution in [0.4, 0.5) is 4.79 Å². The second-order valence-electron chi connectivity index (χ2n) is 4.91. The maximum Gasteiger partial charge on any atom is 0.412 e. The number of carbonyl (C=O) groups excluding carboxylic acids is 1. The van der Waals surface area contributed by atoms with E-state index in [2.05, 4.69) is 10.3 Å². The molecule has 1 N–H and O–H groups in total. The number of aryl methyl sites for hydroxylation is 1. The van der Waals surface area contributed by atoms with E-state index in [9.17, 15) is 4.79 Å². The van der Waals surface area contributed by atoms with Crippen LogP contribution < -0.4 is 10.1 Å². The summed E-state index contributed by atoms with van der Waals surface area (Å²) in [6.07, 6.45) is 0.238. The molecule has 3 aromatic rings. The zero-order valence-corrected chi connectivity index (χ0v) is 12.2. The minimum Gasteiger partial charge on any atom is -0.441 e. The van der Waals surface area contributed by atoms with Gasteiger partial charge in [-0.3, -0.25) is 0 Å². The fourth-order valence-electron chi connectivity index (χ4n) is 2.18. The fourth-order valence-corrected chi connectivity index (χ4v) is 2.18. The average molecular weight is 296 g/mol. The van der Waals surface area contributed by atoms with Gasteiger partial charge in [-0.15, -0.1) is 0 Å². The SMILES string of the molecule is Cc1nc2ccc(CCNC(=O)Oc3ccccc3)cc2o1. The highest BCUT2D eigenvalue weighted by atomic mass is 16.6. The highest BCUT2D eigenvalue weighted by Crippen LogP contribution is 2.17. The van der Waals surface area contributed by atoms with Crippen molar-refractivity contribution in [3.05, 3.63) is 60.0 Å². The Morgan fingerprint density at radius 1 is 1.23 bits per heavy atom. The summed E-state index contributed by atoms with van der Waals surface area (Å²) in [7, 11) is 0. The highest BCUT2D eigenvalue weighted by Gasteiger charge is 2.05. The number of nitrogens with zero attached hydrogens (tertiary/aromatic N) is 1. The number of benzene rings is 2. The molecule has 1 aromatic heterocycles. The summed E-state index contributed by atoms with van der Waals surface area (Å²) in [6.45, 7) is 2.31. The van der Waals surface area contributed by atoms with Crippen molar-refractivity contribution in [1.82, 2.24) is 10.3 Å². The summed E-state index contributed by atoms with van der Waals surface area (Å²) in [6, 6.07) is 14.8. The third kappa shape index (κ3) is 3.44. The molecule has 0 radical (unpaired) electrons. The molecule has 0 atom stereocenters. The Morgan fingerprint density at radius 2 is 2.05 bits per heavy atom. The average Bonchev–Trinajstić information content (AvgIpc) is 2.87. The Bertz CT molecular complexity index is 781. The first-order chi connectivity index (χ1) is 10.7. The van der Waals surface area contributed by atoms with Crippen LogP contribution in [0.15, 0.2) is 52.9 Å². The quantitative estimate of drug-likeness (QED) is 0.800. The van der Waals surface area contributed by atoms with E-state index >= 15 is 0 Å². The minimum absolute atomic E-state index is 0.456. The Balaban J connectivity index is 1.52. The van der Waals surface area contributed by atoms with Crippen molar-refractivity contribution in [2.75, 3.05) is 6.54 Å². The fraction of sp³-hybridized carbons (Fsp3) is 0.176. The number of hydrogen-bond acceptors (Lipinski definition) is 4. The lowest BCUT2D eigenvalue weighted by molar-refractivity contribution is 0.200. The van der Waals surface area contributed by atoms with Crippen LogP contribution in [0, 0.1) is 6.92 Å². The molecule has 2 aromatic carbocycles. The summed E-state index contributed by atoms with van der Waals surface area (Å²) in [5.74, 6) is 1.18. The first-order valence-electron chi connectivity index (χ1n) is 7.07. The van der Waals surface area contributed by atoms with Crippen molar-refractivity contribution in [2.45, 2.75) is 13.3 Å². The van der Waals surface area contributed by atoms with Crippen molar-refractivity contribution in [1.29, 1.82) is 0 Å². The van der Waals surface area contributed by atoms with Crippen molar-refractivity contribution >= 4 is 17.2 Å². The number of carbonyl (C=O) groups is 1. The molecule has 0 aliphatic heterocycles. The van der Waals surface area contributed by atoms with E-state index in [-0.39, 0.29) is 0 Å². The van der Waals surface area contributed by atoms with E-state index in [1.807, 2.05) is 43.3 Å². The molecule has 0 fully saturated rings. The number of rotatable bonds is 4. The Hall–Kier alpha value is -2.82. The van der Waals surface area contributed by atoms with Crippen LogP contribution in [-0.2, 0) is 6.42 Å². The summed E-state index contributed by atoms with van der Waals surface area (Å²) in [5, 5.41) is 2.73. The van der Waals surface area contributed by atoms with E-state index in [0.29, 0.717) is 24.6 Å². The van der Waals surface area contributed by atoms with Gasteiger partial charge < -0.3 is 14.5 Å². The van der Waals surface area contributed by atoms with Gasteiger partial charge in [0.1, 0.15) is 11.3 Å². The van der Waals surface area contributed by atoms with Gasteiger partial charge in [0.15, 0.2) is 11.5 Å². The van der Waals surface area contributed by atoms with Crippen molar-refractivity contribution < 1.29 is 13.9 Å². The first kappa shape index (κ1) is 14.1. The van der Waals surface area contributed by atoms with Crippen molar-refractivity contribution in [3.63, 3.8) is 0 Å². The van der Waals surface area contributed by atoms with Crippen LogP contribution >= 0.6 is 0 Å². The number of aromatic nitrogens is 1. The van der Waals surface area contributed by atoms with Gasteiger partial charge in [-0.1, -0.05) is 24.3 Å². The maximum absolute atomic E-state index is 11.7. The normalized spacial score (nSPS) is 10.6. The van der Waals surface area contributed by atoms with Crippen LogP contribution in [0.5, 0.6) is 5.75 Å². The number of ether oxygens (including phenoxy) is 1. The van der Waals surface area contributed by atoms with Crippen LogP contribution in [0.1, 0.15) is 11.5 Å². The molecule has 112 valence electrons. The van der Waals surface area contributed by atoms with Crippen LogP contribution in [0.2, 0.25) is 0 Å². The topological polar surface area (TPSA) is 64.4 Å². The molecule has 0 aliphatic carbocycles. The molecule has 0 aliphatic rings. The molecule has 0 bridgehead atoms. The minimum atomic E-state index is -0.456. The van der Waals surface area contributed by atoms with E-state index in [4.69, 9.17) is 9.15 Å². The summed E-state index contributed by atoms with van der Waals surface area (Å²) in [4.78, 5) is 15.9. The number of para-hydroxylation sites is 1. The smallest absolute Gasteiger partial charge is 0.412 e. The van der Waals surface area contributed by atoms with E-state index in [1.165, 1.54) is 0 Å². The van der Waals surface area contributed by atoms with E-state index in [1.54, 1.807) is 12.1 Å².